The number of carbonyl (C=O) groups excluding carboxylic acids is 1. The number of hydrogen-bond acceptors (Lipinski definition) is 4. The van der Waals surface area contributed by atoms with Gasteiger partial charge in [0.15, 0.2) is 0 Å². The van der Waals surface area contributed by atoms with E-state index in [4.69, 9.17) is 4.55 Å². The van der Waals surface area contributed by atoms with Crippen LogP contribution in [0.5, 0.6) is 0 Å². The highest BCUT2D eigenvalue weighted by atomic mass is 32.2. The fourth-order valence-corrected chi connectivity index (χ4v) is 1.63. The van der Waals surface area contributed by atoms with Crippen molar-refractivity contribution < 1.29 is 17.8 Å². The Hall–Kier alpha value is -0.0700. The summed E-state index contributed by atoms with van der Waals surface area (Å²) in [6.45, 7) is 1.98. The molecule has 6 heteroatoms. The molecule has 0 heterocycles. The number of rotatable bonds is 5. The Balaban J connectivity index is 3.60. The summed E-state index contributed by atoms with van der Waals surface area (Å²) in [5.74, 6) is 1.69. The zero-order valence-corrected chi connectivity index (χ0v) is 8.45. The summed E-state index contributed by atoms with van der Waals surface area (Å²) >= 11 is 1.63. The van der Waals surface area contributed by atoms with Gasteiger partial charge in [-0.1, -0.05) is 6.92 Å². The summed E-state index contributed by atoms with van der Waals surface area (Å²) in [6.07, 6.45) is 0.406. The Morgan fingerprint density at radius 3 is 2.50 bits per heavy atom. The molecule has 0 bridgehead atoms. The van der Waals surface area contributed by atoms with Crippen molar-refractivity contribution in [1.82, 2.24) is 0 Å². The van der Waals surface area contributed by atoms with Crippen LogP contribution < -0.4 is 0 Å². The van der Waals surface area contributed by atoms with Crippen molar-refractivity contribution in [3.8, 4) is 0 Å². The highest BCUT2D eigenvalue weighted by Crippen LogP contribution is 2.05. The first-order chi connectivity index (χ1) is 5.48. The maximum Gasteiger partial charge on any atom is 0.328 e. The van der Waals surface area contributed by atoms with E-state index in [-0.39, 0.29) is 6.42 Å². The van der Waals surface area contributed by atoms with Gasteiger partial charge in [-0.25, -0.2) is 0 Å². The second-order valence-corrected chi connectivity index (χ2v) is 4.95. The first-order valence-corrected chi connectivity index (χ1v) is 6.16. The number of carbonyl (C=O) groups is 1. The lowest BCUT2D eigenvalue weighted by atomic mass is 10.4. The normalized spacial score (nSPS) is 11.5. The molecular formula is C6H12O4S2. The molecule has 0 fully saturated rings. The number of hydrogen-bond donors (Lipinski definition) is 1. The lowest BCUT2D eigenvalue weighted by molar-refractivity contribution is -0.112. The van der Waals surface area contributed by atoms with Gasteiger partial charge in [0, 0.05) is 6.42 Å². The minimum absolute atomic E-state index is 0.0914. The van der Waals surface area contributed by atoms with Gasteiger partial charge in [-0.2, -0.15) is 20.2 Å². The van der Waals surface area contributed by atoms with Crippen LogP contribution >= 0.6 is 11.8 Å². The Bertz CT molecular complexity index is 232. The highest BCUT2D eigenvalue weighted by molar-refractivity contribution is 8.01. The zero-order valence-electron chi connectivity index (χ0n) is 6.82. The zero-order chi connectivity index (χ0) is 9.61. The quantitative estimate of drug-likeness (QED) is 0.542. The van der Waals surface area contributed by atoms with Crippen LogP contribution in [0.1, 0.15) is 19.8 Å². The summed E-state index contributed by atoms with van der Waals surface area (Å²) in [5.41, 5.74) is 0. The monoisotopic (exact) mass is 212 g/mol. The number of thioether (sulfide) groups is 1. The van der Waals surface area contributed by atoms with E-state index in [2.05, 4.69) is 0 Å². The second kappa shape index (κ2) is 5.55. The van der Waals surface area contributed by atoms with E-state index in [0.29, 0.717) is 6.42 Å². The largest absolute Gasteiger partial charge is 0.328 e. The van der Waals surface area contributed by atoms with Gasteiger partial charge in [0.05, 0.1) is 0 Å². The van der Waals surface area contributed by atoms with E-state index in [1.807, 2.05) is 6.92 Å². The first kappa shape index (κ1) is 11.9. The molecule has 4 nitrogen and oxygen atoms in total. The van der Waals surface area contributed by atoms with Crippen molar-refractivity contribution in [3.05, 3.63) is 0 Å². The van der Waals surface area contributed by atoms with Gasteiger partial charge in [0.2, 0.25) is 0 Å². The van der Waals surface area contributed by atoms with Crippen LogP contribution in [-0.4, -0.2) is 29.6 Å². The molecule has 0 amide bonds. The fraction of sp³-hybridized carbons (Fsp3) is 0.833. The van der Waals surface area contributed by atoms with Crippen molar-refractivity contribution in [2.75, 3.05) is 11.5 Å². The third kappa shape index (κ3) is 5.56. The highest BCUT2D eigenvalue weighted by Gasteiger charge is 2.16. The van der Waals surface area contributed by atoms with Crippen LogP contribution in [0.4, 0.5) is 0 Å². The first-order valence-electron chi connectivity index (χ1n) is 3.56. The van der Waals surface area contributed by atoms with Crippen molar-refractivity contribution >= 4 is 27.0 Å². The average molecular weight is 212 g/mol. The molecular weight excluding hydrogens is 200 g/mol. The molecule has 0 aromatic rings. The molecule has 1 N–H and O–H groups in total. The summed E-state index contributed by atoms with van der Waals surface area (Å²) in [6, 6.07) is 0. The molecule has 12 heavy (non-hydrogen) atoms. The molecule has 0 aliphatic carbocycles. The van der Waals surface area contributed by atoms with Crippen molar-refractivity contribution in [2.45, 2.75) is 19.8 Å². The van der Waals surface area contributed by atoms with Crippen LogP contribution in [0, 0.1) is 0 Å². The third-order valence-electron chi connectivity index (χ3n) is 1.16. The van der Waals surface area contributed by atoms with Gasteiger partial charge >= 0.3 is 10.1 Å². The molecule has 0 saturated heterocycles. The van der Waals surface area contributed by atoms with E-state index in [0.717, 1.165) is 11.5 Å². The van der Waals surface area contributed by atoms with Crippen molar-refractivity contribution in [2.24, 2.45) is 0 Å². The predicted octanol–water partition coefficient (Wildman–Crippen LogP) is 0.934. The van der Waals surface area contributed by atoms with Crippen LogP contribution in [0.15, 0.2) is 0 Å². The van der Waals surface area contributed by atoms with Crippen molar-refractivity contribution in [1.29, 1.82) is 0 Å². The third-order valence-corrected chi connectivity index (χ3v) is 2.93. The van der Waals surface area contributed by atoms with E-state index in [1.54, 1.807) is 11.8 Å². The molecule has 0 radical (unpaired) electrons. The van der Waals surface area contributed by atoms with Crippen LogP contribution in [-0.2, 0) is 14.9 Å². The van der Waals surface area contributed by atoms with Gasteiger partial charge in [0.1, 0.15) is 0 Å². The minimum atomic E-state index is -4.44. The van der Waals surface area contributed by atoms with Gasteiger partial charge in [-0.05, 0) is 17.9 Å². The molecule has 0 unspecified atom stereocenters. The van der Waals surface area contributed by atoms with E-state index in [1.165, 1.54) is 0 Å². The maximum atomic E-state index is 10.6. The van der Waals surface area contributed by atoms with E-state index in [9.17, 15) is 13.2 Å². The Kier molecular flexibility index (Phi) is 5.52. The summed E-state index contributed by atoms with van der Waals surface area (Å²) in [5, 5.41) is -1.08. The Morgan fingerprint density at radius 2 is 2.08 bits per heavy atom. The smallest absolute Gasteiger partial charge is 0.280 e. The molecule has 0 saturated carbocycles. The molecule has 72 valence electrons. The summed E-state index contributed by atoms with van der Waals surface area (Å²) in [4.78, 5) is 10.6. The minimum Gasteiger partial charge on any atom is -0.280 e. The molecule has 0 rings (SSSR count). The van der Waals surface area contributed by atoms with E-state index >= 15 is 0 Å². The molecule has 0 atom stereocenters. The summed E-state index contributed by atoms with van der Waals surface area (Å²) in [7, 11) is -4.44. The standard InChI is InChI=1S/C6H12O4S2/c1-2-11-5-3-4-6(7)12(8,9)10/h2-5H2,1H3,(H,8,9,10). The molecule has 0 aromatic heterocycles. The van der Waals surface area contributed by atoms with Gasteiger partial charge in [0.25, 0.3) is 5.12 Å². The molecule has 0 aromatic carbocycles. The van der Waals surface area contributed by atoms with E-state index < -0.39 is 15.2 Å². The van der Waals surface area contributed by atoms with Crippen LogP contribution in [0.25, 0.3) is 0 Å². The van der Waals surface area contributed by atoms with Crippen molar-refractivity contribution in [3.63, 3.8) is 0 Å². The molecule has 0 aliphatic heterocycles. The Morgan fingerprint density at radius 1 is 1.50 bits per heavy atom. The fourth-order valence-electron chi connectivity index (χ4n) is 0.592. The lowest BCUT2D eigenvalue weighted by Gasteiger charge is -1.96. The topological polar surface area (TPSA) is 71.4 Å². The van der Waals surface area contributed by atoms with Gasteiger partial charge < -0.3 is 0 Å². The lowest BCUT2D eigenvalue weighted by Crippen LogP contribution is -2.12. The second-order valence-electron chi connectivity index (χ2n) is 2.15. The van der Waals surface area contributed by atoms with Crippen LogP contribution in [0.3, 0.4) is 0 Å². The molecule has 0 spiro atoms. The average Bonchev–Trinajstić information content (AvgIpc) is 1.96. The maximum absolute atomic E-state index is 10.6. The van der Waals surface area contributed by atoms with Gasteiger partial charge in [-0.15, -0.1) is 0 Å². The Labute approximate surface area is 76.5 Å². The predicted molar refractivity (Wildman–Crippen MR) is 48.8 cm³/mol. The van der Waals surface area contributed by atoms with Gasteiger partial charge in [-0.3, -0.25) is 9.35 Å². The SMILES string of the molecule is CCSCCCC(=O)S(=O)(=O)O. The summed E-state index contributed by atoms with van der Waals surface area (Å²) < 4.78 is 28.6. The van der Waals surface area contributed by atoms with Crippen LogP contribution in [0.2, 0.25) is 0 Å². The molecule has 0 aliphatic rings.